The van der Waals surface area contributed by atoms with Crippen molar-refractivity contribution in [2.75, 3.05) is 26.3 Å². The van der Waals surface area contributed by atoms with Gasteiger partial charge in [-0.05, 0) is 58.9 Å². The summed E-state index contributed by atoms with van der Waals surface area (Å²) in [4.78, 5) is 11.7. The summed E-state index contributed by atoms with van der Waals surface area (Å²) in [6.45, 7) is 11.1. The highest BCUT2D eigenvalue weighted by Gasteiger charge is 2.27. The first-order chi connectivity index (χ1) is 10.4. The Bertz CT molecular complexity index is 316. The third-order valence-corrected chi connectivity index (χ3v) is 3.79. The monoisotopic (exact) mass is 314 g/mol. The van der Waals surface area contributed by atoms with Gasteiger partial charge < -0.3 is 20.1 Å². The molecule has 0 radical (unpaired) electrons. The van der Waals surface area contributed by atoms with E-state index in [-0.39, 0.29) is 6.09 Å². The highest BCUT2D eigenvalue weighted by molar-refractivity contribution is 5.67. The van der Waals surface area contributed by atoms with E-state index in [2.05, 4.69) is 17.6 Å². The van der Waals surface area contributed by atoms with Crippen molar-refractivity contribution in [2.45, 2.75) is 71.4 Å². The highest BCUT2D eigenvalue weighted by atomic mass is 16.6. The van der Waals surface area contributed by atoms with E-state index < -0.39 is 5.60 Å². The molecule has 2 unspecified atom stereocenters. The van der Waals surface area contributed by atoms with Crippen molar-refractivity contribution in [3.05, 3.63) is 0 Å². The molecule has 1 rings (SSSR count). The quantitative estimate of drug-likeness (QED) is 0.642. The van der Waals surface area contributed by atoms with Gasteiger partial charge in [0.15, 0.2) is 0 Å². The van der Waals surface area contributed by atoms with Gasteiger partial charge in [-0.25, -0.2) is 4.79 Å². The second-order valence-corrected chi connectivity index (χ2v) is 7.10. The molecule has 1 fully saturated rings. The van der Waals surface area contributed by atoms with Gasteiger partial charge in [-0.15, -0.1) is 0 Å². The highest BCUT2D eigenvalue weighted by Crippen LogP contribution is 2.25. The van der Waals surface area contributed by atoms with Crippen molar-refractivity contribution in [3.63, 3.8) is 0 Å². The maximum Gasteiger partial charge on any atom is 0.407 e. The van der Waals surface area contributed by atoms with Gasteiger partial charge in [0.2, 0.25) is 0 Å². The van der Waals surface area contributed by atoms with E-state index in [0.717, 1.165) is 32.6 Å². The minimum absolute atomic E-state index is 0.314. The van der Waals surface area contributed by atoms with Crippen LogP contribution in [0.4, 0.5) is 4.79 Å². The molecule has 0 heterocycles. The van der Waals surface area contributed by atoms with E-state index in [1.54, 1.807) is 0 Å². The van der Waals surface area contributed by atoms with Crippen LogP contribution in [0, 0.1) is 5.92 Å². The molecular formula is C17H34N2O3. The lowest BCUT2D eigenvalue weighted by atomic mass is 10.0. The molecule has 5 nitrogen and oxygen atoms in total. The maximum atomic E-state index is 11.7. The minimum atomic E-state index is -0.435. The number of hydrogen-bond donors (Lipinski definition) is 2. The molecule has 1 aliphatic rings. The third-order valence-electron chi connectivity index (χ3n) is 3.79. The maximum absolute atomic E-state index is 11.7. The number of ether oxygens (including phenoxy) is 2. The fourth-order valence-electron chi connectivity index (χ4n) is 2.79. The van der Waals surface area contributed by atoms with Gasteiger partial charge >= 0.3 is 6.09 Å². The van der Waals surface area contributed by atoms with Crippen molar-refractivity contribution < 1.29 is 14.3 Å². The summed E-state index contributed by atoms with van der Waals surface area (Å²) < 4.78 is 10.8. The molecule has 0 saturated heterocycles. The summed E-state index contributed by atoms with van der Waals surface area (Å²) in [6, 6.07) is 0.501. The molecule has 0 aliphatic heterocycles. The van der Waals surface area contributed by atoms with Crippen LogP contribution in [0.2, 0.25) is 0 Å². The largest absolute Gasteiger partial charge is 0.444 e. The SMILES string of the molecule is CCCOCCCNC1CCCC1CNC(=O)OC(C)(C)C. The zero-order valence-corrected chi connectivity index (χ0v) is 14.7. The van der Waals surface area contributed by atoms with E-state index in [0.29, 0.717) is 18.5 Å². The topological polar surface area (TPSA) is 59.6 Å². The number of nitrogens with one attached hydrogen (secondary N) is 2. The lowest BCUT2D eigenvalue weighted by Crippen LogP contribution is -2.41. The van der Waals surface area contributed by atoms with Crippen LogP contribution in [0.15, 0.2) is 0 Å². The molecule has 1 aliphatic carbocycles. The van der Waals surface area contributed by atoms with Gasteiger partial charge in [-0.3, -0.25) is 0 Å². The Kier molecular flexibility index (Phi) is 8.79. The van der Waals surface area contributed by atoms with Gasteiger partial charge in [0.05, 0.1) is 0 Å². The zero-order valence-electron chi connectivity index (χ0n) is 14.7. The summed E-state index contributed by atoms with van der Waals surface area (Å²) in [5.41, 5.74) is -0.435. The van der Waals surface area contributed by atoms with Crippen LogP contribution in [0.3, 0.4) is 0 Å². The van der Waals surface area contributed by atoms with Crippen LogP contribution in [-0.2, 0) is 9.47 Å². The molecule has 22 heavy (non-hydrogen) atoms. The molecule has 1 saturated carbocycles. The van der Waals surface area contributed by atoms with Crippen LogP contribution < -0.4 is 10.6 Å². The van der Waals surface area contributed by atoms with E-state index in [9.17, 15) is 4.79 Å². The minimum Gasteiger partial charge on any atom is -0.444 e. The van der Waals surface area contributed by atoms with Crippen LogP contribution in [0.5, 0.6) is 0 Å². The molecule has 0 aromatic heterocycles. The van der Waals surface area contributed by atoms with E-state index >= 15 is 0 Å². The Morgan fingerprint density at radius 3 is 2.68 bits per heavy atom. The molecule has 0 spiro atoms. The van der Waals surface area contributed by atoms with Crippen LogP contribution in [0.25, 0.3) is 0 Å². The van der Waals surface area contributed by atoms with Crippen LogP contribution in [-0.4, -0.2) is 44.0 Å². The Hall–Kier alpha value is -0.810. The van der Waals surface area contributed by atoms with Gasteiger partial charge in [0.1, 0.15) is 5.60 Å². The van der Waals surface area contributed by atoms with E-state index in [1.807, 2.05) is 20.8 Å². The van der Waals surface area contributed by atoms with Crippen LogP contribution >= 0.6 is 0 Å². The van der Waals surface area contributed by atoms with E-state index in [4.69, 9.17) is 9.47 Å². The predicted molar refractivity (Wildman–Crippen MR) is 89.1 cm³/mol. The number of alkyl carbamates (subject to hydrolysis) is 1. The van der Waals surface area contributed by atoms with Crippen molar-refractivity contribution in [1.82, 2.24) is 10.6 Å². The first kappa shape index (κ1) is 19.2. The number of rotatable bonds is 9. The summed E-state index contributed by atoms with van der Waals surface area (Å²) in [7, 11) is 0. The molecule has 0 bridgehead atoms. The fraction of sp³-hybridized carbons (Fsp3) is 0.941. The molecule has 130 valence electrons. The molecule has 2 atom stereocenters. The molecule has 0 aromatic carbocycles. The predicted octanol–water partition coefficient (Wildman–Crippen LogP) is 3.09. The molecule has 1 amide bonds. The Morgan fingerprint density at radius 2 is 2.00 bits per heavy atom. The normalized spacial score (nSPS) is 21.8. The lowest BCUT2D eigenvalue weighted by Gasteiger charge is -2.23. The van der Waals surface area contributed by atoms with E-state index in [1.165, 1.54) is 19.3 Å². The summed E-state index contributed by atoms with van der Waals surface area (Å²) in [5.74, 6) is 0.504. The Balaban J connectivity index is 2.16. The average molecular weight is 314 g/mol. The summed E-state index contributed by atoms with van der Waals surface area (Å²) >= 11 is 0. The zero-order chi connectivity index (χ0) is 16.4. The standard InChI is InChI=1S/C17H34N2O3/c1-5-11-21-12-7-10-18-15-9-6-8-14(15)13-19-16(20)22-17(2,3)4/h14-15,18H,5-13H2,1-4H3,(H,19,20). The first-order valence-electron chi connectivity index (χ1n) is 8.70. The molecule has 0 aromatic rings. The van der Waals surface area contributed by atoms with Crippen molar-refractivity contribution in [1.29, 1.82) is 0 Å². The van der Waals surface area contributed by atoms with Crippen molar-refractivity contribution >= 4 is 6.09 Å². The Morgan fingerprint density at radius 1 is 1.23 bits per heavy atom. The third kappa shape index (κ3) is 8.59. The number of hydrogen-bond acceptors (Lipinski definition) is 4. The lowest BCUT2D eigenvalue weighted by molar-refractivity contribution is 0.0517. The second-order valence-electron chi connectivity index (χ2n) is 7.10. The van der Waals surface area contributed by atoms with Gasteiger partial charge in [-0.2, -0.15) is 0 Å². The summed E-state index contributed by atoms with van der Waals surface area (Å²) in [5, 5.41) is 6.51. The fourth-order valence-corrected chi connectivity index (χ4v) is 2.79. The second kappa shape index (κ2) is 10.1. The van der Waals surface area contributed by atoms with Gasteiger partial charge in [-0.1, -0.05) is 13.3 Å². The first-order valence-corrected chi connectivity index (χ1v) is 8.70. The molecule has 2 N–H and O–H groups in total. The van der Waals surface area contributed by atoms with Crippen molar-refractivity contribution in [3.8, 4) is 0 Å². The number of carbonyl (C=O) groups excluding carboxylic acids is 1. The smallest absolute Gasteiger partial charge is 0.407 e. The van der Waals surface area contributed by atoms with Crippen molar-refractivity contribution in [2.24, 2.45) is 5.92 Å². The number of carbonyl (C=O) groups is 1. The Labute approximate surface area is 135 Å². The average Bonchev–Trinajstić information content (AvgIpc) is 2.86. The molecular weight excluding hydrogens is 280 g/mol. The van der Waals surface area contributed by atoms with Gasteiger partial charge in [0, 0.05) is 25.8 Å². The molecule has 5 heteroatoms. The van der Waals surface area contributed by atoms with Crippen LogP contribution in [0.1, 0.15) is 59.8 Å². The van der Waals surface area contributed by atoms with Gasteiger partial charge in [0.25, 0.3) is 0 Å². The summed E-state index contributed by atoms with van der Waals surface area (Å²) in [6.07, 6.45) is 5.39. The number of amides is 1.